The number of fused-ring (bicyclic) bond motifs is 1. The maximum atomic E-state index is 14.0. The summed E-state index contributed by atoms with van der Waals surface area (Å²) in [7, 11) is 0. The Morgan fingerprint density at radius 2 is 1.93 bits per heavy atom. The molecule has 3 aromatic rings. The summed E-state index contributed by atoms with van der Waals surface area (Å²) in [4.78, 5) is 25.7. The number of aromatic nitrogens is 4. The fourth-order valence-corrected chi connectivity index (χ4v) is 3.99. The molecule has 2 N–H and O–H groups in total. The van der Waals surface area contributed by atoms with Gasteiger partial charge in [0.1, 0.15) is 5.82 Å². The molecule has 0 spiro atoms. The first-order valence-electron chi connectivity index (χ1n) is 10.1. The zero-order valence-electron chi connectivity index (χ0n) is 17.3. The van der Waals surface area contributed by atoms with Crippen molar-refractivity contribution in [3.8, 4) is 0 Å². The molecule has 4 rings (SSSR count). The highest BCUT2D eigenvalue weighted by molar-refractivity contribution is 5.79. The molecule has 158 valence electrons. The smallest absolute Gasteiger partial charge is 0.254 e. The van der Waals surface area contributed by atoms with Crippen molar-refractivity contribution in [1.29, 1.82) is 0 Å². The Morgan fingerprint density at radius 3 is 2.73 bits per heavy atom. The molecule has 1 aromatic carbocycles. The maximum Gasteiger partial charge on any atom is 0.254 e. The van der Waals surface area contributed by atoms with E-state index in [9.17, 15) is 9.18 Å². The zero-order chi connectivity index (χ0) is 21.3. The van der Waals surface area contributed by atoms with Crippen LogP contribution in [0.25, 0.3) is 5.78 Å². The fraction of sp³-hybridized carbons (Fsp3) is 0.429. The first-order chi connectivity index (χ1) is 14.4. The lowest BCUT2D eigenvalue weighted by molar-refractivity contribution is -0.130. The predicted molar refractivity (Wildman–Crippen MR) is 111 cm³/mol. The highest BCUT2D eigenvalue weighted by Crippen LogP contribution is 2.17. The molecule has 9 heteroatoms. The highest BCUT2D eigenvalue weighted by Gasteiger charge is 2.22. The molecule has 1 saturated heterocycles. The average Bonchev–Trinajstić information content (AvgIpc) is 2.93. The molecule has 30 heavy (non-hydrogen) atoms. The minimum atomic E-state index is -0.183. The zero-order valence-corrected chi connectivity index (χ0v) is 17.3. The third kappa shape index (κ3) is 4.11. The summed E-state index contributed by atoms with van der Waals surface area (Å²) in [5.41, 5.74) is 8.81. The molecule has 0 atom stereocenters. The van der Waals surface area contributed by atoms with Crippen LogP contribution in [0.3, 0.4) is 0 Å². The summed E-state index contributed by atoms with van der Waals surface area (Å²) in [5.74, 6) is 0.480. The number of rotatable bonds is 4. The van der Waals surface area contributed by atoms with Crippen LogP contribution in [0.2, 0.25) is 0 Å². The van der Waals surface area contributed by atoms with E-state index in [1.807, 2.05) is 30.9 Å². The van der Waals surface area contributed by atoms with Crippen LogP contribution < -0.4 is 5.73 Å². The molecule has 1 aliphatic heterocycles. The Balaban J connectivity index is 1.43. The van der Waals surface area contributed by atoms with Crippen molar-refractivity contribution in [1.82, 2.24) is 29.4 Å². The van der Waals surface area contributed by atoms with Crippen LogP contribution in [0.15, 0.2) is 24.3 Å². The van der Waals surface area contributed by atoms with E-state index in [1.165, 1.54) is 6.07 Å². The van der Waals surface area contributed by atoms with E-state index in [-0.39, 0.29) is 24.1 Å². The van der Waals surface area contributed by atoms with Gasteiger partial charge in [-0.1, -0.05) is 18.2 Å². The molecular formula is C21H26FN7O. The average molecular weight is 411 g/mol. The number of carbonyl (C=O) groups is 1. The van der Waals surface area contributed by atoms with Gasteiger partial charge in [-0.25, -0.2) is 9.37 Å². The second kappa shape index (κ2) is 8.35. The van der Waals surface area contributed by atoms with E-state index in [0.29, 0.717) is 31.0 Å². The molecule has 8 nitrogen and oxygen atoms in total. The second-order valence-corrected chi connectivity index (χ2v) is 7.72. The third-order valence-corrected chi connectivity index (χ3v) is 5.69. The fourth-order valence-electron chi connectivity index (χ4n) is 3.99. The number of hydrogen-bond donors (Lipinski definition) is 1. The van der Waals surface area contributed by atoms with Crippen molar-refractivity contribution in [2.45, 2.75) is 33.2 Å². The van der Waals surface area contributed by atoms with E-state index >= 15 is 0 Å². The number of nitrogen functional groups attached to an aromatic ring is 1. The summed E-state index contributed by atoms with van der Waals surface area (Å²) < 4.78 is 15.6. The minimum absolute atomic E-state index is 0.0585. The number of nitrogens with two attached hydrogens (primary N) is 1. The van der Waals surface area contributed by atoms with Gasteiger partial charge in [0.25, 0.3) is 5.78 Å². The Kier molecular flexibility index (Phi) is 5.63. The summed E-state index contributed by atoms with van der Waals surface area (Å²) >= 11 is 0. The van der Waals surface area contributed by atoms with Gasteiger partial charge < -0.3 is 10.6 Å². The van der Waals surface area contributed by atoms with Gasteiger partial charge >= 0.3 is 0 Å². The lowest BCUT2D eigenvalue weighted by atomic mass is 10.1. The first-order valence-corrected chi connectivity index (χ1v) is 10.1. The number of halogens is 1. The van der Waals surface area contributed by atoms with Gasteiger partial charge in [0.2, 0.25) is 11.9 Å². The molecule has 0 unspecified atom stereocenters. The van der Waals surface area contributed by atoms with Gasteiger partial charge in [0, 0.05) is 55.2 Å². The molecule has 2 aromatic heterocycles. The van der Waals surface area contributed by atoms with Crippen molar-refractivity contribution in [3.63, 3.8) is 0 Å². The molecule has 0 aliphatic carbocycles. The van der Waals surface area contributed by atoms with Crippen LogP contribution >= 0.6 is 0 Å². The largest absolute Gasteiger partial charge is 0.366 e. The molecule has 1 aliphatic rings. The molecule has 0 saturated carbocycles. The van der Waals surface area contributed by atoms with Crippen molar-refractivity contribution >= 4 is 17.6 Å². The highest BCUT2D eigenvalue weighted by atomic mass is 19.1. The summed E-state index contributed by atoms with van der Waals surface area (Å²) in [5, 5.41) is 4.16. The van der Waals surface area contributed by atoms with Crippen LogP contribution in [0.4, 0.5) is 10.3 Å². The van der Waals surface area contributed by atoms with Crippen molar-refractivity contribution < 1.29 is 9.18 Å². The van der Waals surface area contributed by atoms with Gasteiger partial charge in [-0.2, -0.15) is 9.50 Å². The van der Waals surface area contributed by atoms with Crippen LogP contribution in [0, 0.1) is 19.7 Å². The van der Waals surface area contributed by atoms with Crippen LogP contribution in [0.5, 0.6) is 0 Å². The van der Waals surface area contributed by atoms with Crippen LogP contribution in [-0.2, 0) is 17.8 Å². The van der Waals surface area contributed by atoms with Gasteiger partial charge in [-0.15, -0.1) is 5.10 Å². The second-order valence-electron chi connectivity index (χ2n) is 7.72. The van der Waals surface area contributed by atoms with Gasteiger partial charge in [0.15, 0.2) is 0 Å². The standard InChI is InChI=1S/C21H26FN7O/c1-14-17(15(2)29-21(24-14)25-20(23)26-29)12-19(30)28-9-5-8-27(10-11-28)13-16-6-3-4-7-18(16)22/h3-4,6-7H,5,8-13H2,1-2H3,(H2,23,26). The third-order valence-electron chi connectivity index (χ3n) is 5.69. The van der Waals surface area contributed by atoms with E-state index in [1.54, 1.807) is 10.6 Å². The van der Waals surface area contributed by atoms with E-state index in [0.717, 1.165) is 36.5 Å². The Labute approximate surface area is 174 Å². The maximum absolute atomic E-state index is 14.0. The molecule has 3 heterocycles. The Morgan fingerprint density at radius 1 is 1.13 bits per heavy atom. The van der Waals surface area contributed by atoms with Crippen LogP contribution in [-0.4, -0.2) is 61.5 Å². The summed E-state index contributed by atoms with van der Waals surface area (Å²) in [6, 6.07) is 6.85. The minimum Gasteiger partial charge on any atom is -0.366 e. The number of hydrogen-bond acceptors (Lipinski definition) is 6. The van der Waals surface area contributed by atoms with E-state index in [4.69, 9.17) is 5.73 Å². The SMILES string of the molecule is Cc1nc2nc(N)nn2c(C)c1CC(=O)N1CCCN(Cc2ccccc2F)CC1. The number of carbonyl (C=O) groups excluding carboxylic acids is 1. The summed E-state index contributed by atoms with van der Waals surface area (Å²) in [6.45, 7) is 7.20. The first kappa shape index (κ1) is 20.2. The number of nitrogens with zero attached hydrogens (tertiary/aromatic N) is 6. The lowest BCUT2D eigenvalue weighted by Gasteiger charge is -2.23. The molecule has 1 fully saturated rings. The van der Waals surface area contributed by atoms with Crippen LogP contribution in [0.1, 0.15) is 28.9 Å². The predicted octanol–water partition coefficient (Wildman–Crippen LogP) is 1.74. The van der Waals surface area contributed by atoms with Crippen molar-refractivity contribution in [2.75, 3.05) is 31.9 Å². The number of aryl methyl sites for hydroxylation is 2. The number of amides is 1. The number of benzene rings is 1. The normalized spacial score (nSPS) is 15.5. The Bertz CT molecular complexity index is 1080. The monoisotopic (exact) mass is 411 g/mol. The van der Waals surface area contributed by atoms with Crippen molar-refractivity contribution in [3.05, 3.63) is 52.6 Å². The quantitative estimate of drug-likeness (QED) is 0.703. The molecule has 0 bridgehead atoms. The molecule has 0 radical (unpaired) electrons. The van der Waals surface area contributed by atoms with Gasteiger partial charge in [0.05, 0.1) is 6.42 Å². The summed E-state index contributed by atoms with van der Waals surface area (Å²) in [6.07, 6.45) is 1.11. The van der Waals surface area contributed by atoms with Gasteiger partial charge in [-0.05, 0) is 26.3 Å². The van der Waals surface area contributed by atoms with E-state index < -0.39 is 0 Å². The molecule has 1 amide bonds. The topological polar surface area (TPSA) is 92.6 Å². The lowest BCUT2D eigenvalue weighted by Crippen LogP contribution is -2.36. The van der Waals surface area contributed by atoms with Crippen molar-refractivity contribution in [2.24, 2.45) is 0 Å². The number of anilines is 1. The van der Waals surface area contributed by atoms with Gasteiger partial charge in [-0.3, -0.25) is 9.69 Å². The molecular weight excluding hydrogens is 385 g/mol. The van der Waals surface area contributed by atoms with E-state index in [2.05, 4.69) is 20.0 Å². The Hall–Kier alpha value is -3.07.